The molecule has 85 heavy (non-hydrogen) atoms. The molecule has 0 saturated carbocycles. The van der Waals surface area contributed by atoms with Gasteiger partial charge in [0.1, 0.15) is 36.1 Å². The number of Topliss-reactive ketones (excluding diaryl/α,β-unsaturated/α-hetero) is 1. The van der Waals surface area contributed by atoms with Crippen molar-refractivity contribution in [1.29, 1.82) is 0 Å². The molecule has 2 aliphatic heterocycles. The lowest BCUT2D eigenvalue weighted by atomic mass is 9.89. The minimum atomic E-state index is -1.39. The van der Waals surface area contributed by atoms with Crippen LogP contribution in [0.25, 0.3) is 11.2 Å². The molecule has 2 fully saturated rings. The maximum Gasteiger partial charge on any atom is 0.408 e. The van der Waals surface area contributed by atoms with Gasteiger partial charge in [0.25, 0.3) is 0 Å². The minimum Gasteiger partial charge on any atom is -0.497 e. The van der Waals surface area contributed by atoms with E-state index in [9.17, 15) is 53.4 Å². The molecule has 28 heteroatoms. The van der Waals surface area contributed by atoms with Crippen molar-refractivity contribution in [3.05, 3.63) is 104 Å². The van der Waals surface area contributed by atoms with Crippen molar-refractivity contribution in [2.45, 2.75) is 89.1 Å². The summed E-state index contributed by atoms with van der Waals surface area (Å²) < 4.78 is 18.4. The van der Waals surface area contributed by atoms with E-state index >= 15 is 0 Å². The molecule has 0 radical (unpaired) electrons. The Labute approximate surface area is 496 Å². The summed E-state index contributed by atoms with van der Waals surface area (Å²) in [7, 11) is 5.21. The molecule has 2 aromatic carbocycles. The van der Waals surface area contributed by atoms with E-state index < -0.39 is 96.5 Å². The van der Waals surface area contributed by atoms with Crippen molar-refractivity contribution in [3.63, 3.8) is 0 Å². The van der Waals surface area contributed by atoms with E-state index in [0.29, 0.717) is 33.7 Å². The van der Waals surface area contributed by atoms with Gasteiger partial charge in [-0.15, -0.1) is 0 Å². The maximum atomic E-state index is 14.1. The minimum absolute atomic E-state index is 0.00879. The Morgan fingerprint density at radius 2 is 1.55 bits per heavy atom. The number of alkyl carbamates (subject to hydrolysis) is 1. The van der Waals surface area contributed by atoms with Crippen LogP contribution in [0.4, 0.5) is 21.0 Å². The molecule has 9 N–H and O–H groups in total. The summed E-state index contributed by atoms with van der Waals surface area (Å²) in [5.74, 6) is -3.98. The van der Waals surface area contributed by atoms with E-state index in [1.165, 1.54) is 32.7 Å². The molecule has 458 valence electrons. The molecule has 0 aliphatic carbocycles. The van der Waals surface area contributed by atoms with Gasteiger partial charge in [-0.3, -0.25) is 38.1 Å². The first kappa shape index (κ1) is 65.6. The SMILES string of the molecule is C=CC(=O)N1CN(C(=O)C=C)CN(C(=O)CCSCC(=O)N[C@H](C(=O)C[C@@H](CCCNC(N)=O)C(=O)Nc2ccc(COC(=O)N[C@@H](Cc3ccc(OC)cc3)C(=O)N[C@H]3[C@@H](O)[C@H](n4cnc5c(N(C)C)ccnc54)O[C@@H]3CO)cc2)C(C)C)C1. The highest BCUT2D eigenvalue weighted by Gasteiger charge is 2.46. The highest BCUT2D eigenvalue weighted by atomic mass is 32.2. The van der Waals surface area contributed by atoms with Crippen LogP contribution in [0.15, 0.2) is 92.4 Å². The summed E-state index contributed by atoms with van der Waals surface area (Å²) in [6.07, 6.45) is 0.877. The zero-order chi connectivity index (χ0) is 61.9. The highest BCUT2D eigenvalue weighted by molar-refractivity contribution is 7.99. The molecule has 2 saturated heterocycles. The largest absolute Gasteiger partial charge is 0.497 e. The number of fused-ring (bicyclic) bond motifs is 1. The number of pyridine rings is 1. The molecule has 0 bridgehead atoms. The number of thioether (sulfide) groups is 1. The van der Waals surface area contributed by atoms with Crippen molar-refractivity contribution in [2.75, 3.05) is 76.1 Å². The van der Waals surface area contributed by atoms with Gasteiger partial charge in [0.15, 0.2) is 17.7 Å². The monoisotopic (exact) mass is 1200 g/mol. The number of rotatable bonds is 29. The molecule has 0 spiro atoms. The lowest BCUT2D eigenvalue weighted by molar-refractivity contribution is -0.154. The van der Waals surface area contributed by atoms with Crippen molar-refractivity contribution in [1.82, 2.24) is 50.5 Å². The van der Waals surface area contributed by atoms with Crippen LogP contribution in [0.3, 0.4) is 0 Å². The number of nitrogens with one attached hydrogen (secondary N) is 5. The summed E-state index contributed by atoms with van der Waals surface area (Å²) in [5.41, 5.74) is 8.47. The Bertz CT molecular complexity index is 3010. The van der Waals surface area contributed by atoms with Gasteiger partial charge < -0.3 is 76.3 Å². The molecule has 27 nitrogen and oxygen atoms in total. The number of primary amides is 1. The van der Waals surface area contributed by atoms with Crippen molar-refractivity contribution >= 4 is 87.7 Å². The number of imidazole rings is 1. The average molecular weight is 1200 g/mol. The molecule has 0 unspecified atom stereocenters. The fourth-order valence-corrected chi connectivity index (χ4v) is 10.3. The fraction of sp³-hybridized carbons (Fsp3) is 0.456. The first-order chi connectivity index (χ1) is 40.6. The number of aliphatic hydroxyl groups excluding tert-OH is 2. The molecule has 2 aromatic heterocycles. The van der Waals surface area contributed by atoms with E-state index in [0.717, 1.165) is 29.6 Å². The van der Waals surface area contributed by atoms with Gasteiger partial charge in [0.2, 0.25) is 35.4 Å². The topological polar surface area (TPSA) is 352 Å². The van der Waals surface area contributed by atoms with Crippen LogP contribution in [0.5, 0.6) is 5.75 Å². The Kier molecular flexibility index (Phi) is 24.2. The summed E-state index contributed by atoms with van der Waals surface area (Å²) in [6, 6.07) is 10.8. The van der Waals surface area contributed by atoms with Crippen LogP contribution in [0, 0.1) is 11.8 Å². The number of aliphatic hydroxyl groups is 2. The van der Waals surface area contributed by atoms with Gasteiger partial charge in [0, 0.05) is 63.5 Å². The second-order valence-electron chi connectivity index (χ2n) is 20.7. The lowest BCUT2D eigenvalue weighted by Crippen LogP contribution is -2.59. The standard InChI is InChI=1S/C57H75N13O14S/c1-8-45(74)67-31-68(46(75)9-2)33-69(32-67)47(76)21-24-85-29-44(73)64-48(34(3)4)42(72)26-37(11-10-22-60-56(58)80)53(78)62-38-16-12-36(13-17-38)28-83-57(81)63-40(25-35-14-18-39(82-7)19-15-35)54(79)65-50-43(27-71)84-55(51(50)77)70-30-61-49-41(66(5)6)20-23-59-52(49)70/h8-9,12-20,23,30,34,37,40,43,48,50-51,55,71,77H,1-2,10-11,21-22,24-29,31-33H2,3-7H3,(H,62,78)(H,63,81)(H,64,73)(H,65,79)(H3,58,60,80)/t37-,40+,43-,48+,50-,51-,55-/m1/s1. The predicted octanol–water partition coefficient (Wildman–Crippen LogP) is 1.75. The summed E-state index contributed by atoms with van der Waals surface area (Å²) in [5, 5.41) is 35.5. The number of nitrogens with two attached hydrogens (primary N) is 1. The van der Waals surface area contributed by atoms with E-state index in [1.807, 2.05) is 19.0 Å². The van der Waals surface area contributed by atoms with Gasteiger partial charge in [0.05, 0.1) is 63.6 Å². The maximum absolute atomic E-state index is 14.1. The summed E-state index contributed by atoms with van der Waals surface area (Å²) >= 11 is 1.15. The first-order valence-corrected chi connectivity index (χ1v) is 28.5. The highest BCUT2D eigenvalue weighted by Crippen LogP contribution is 2.33. The van der Waals surface area contributed by atoms with Gasteiger partial charge in [-0.1, -0.05) is 51.3 Å². The average Bonchev–Trinajstić information content (AvgIpc) is 2.19. The Balaban J connectivity index is 1.03. The lowest BCUT2D eigenvalue weighted by Gasteiger charge is -2.41. The number of hydrogen-bond donors (Lipinski definition) is 8. The van der Waals surface area contributed by atoms with E-state index in [1.54, 1.807) is 74.6 Å². The van der Waals surface area contributed by atoms with Crippen molar-refractivity contribution in [3.8, 4) is 5.75 Å². The number of aromatic nitrogens is 3. The quantitative estimate of drug-likeness (QED) is 0.0284. The van der Waals surface area contributed by atoms with Crippen LogP contribution in [-0.2, 0) is 56.1 Å². The fourth-order valence-electron chi connectivity index (χ4n) is 9.53. The Morgan fingerprint density at radius 3 is 2.16 bits per heavy atom. The number of ketones is 1. The molecule has 9 amide bonds. The molecular weight excluding hydrogens is 1120 g/mol. The predicted molar refractivity (Wildman–Crippen MR) is 314 cm³/mol. The number of amides is 9. The van der Waals surface area contributed by atoms with E-state index in [-0.39, 0.29) is 88.6 Å². The second-order valence-corrected chi connectivity index (χ2v) is 21.9. The molecule has 2 aliphatic rings. The molecular formula is C57H75N13O14S. The number of methoxy groups -OCH3 is 1. The van der Waals surface area contributed by atoms with Gasteiger partial charge in [-0.25, -0.2) is 19.6 Å². The number of ether oxygens (including phenoxy) is 3. The molecule has 6 rings (SSSR count). The number of anilines is 2. The number of nitrogens with zero attached hydrogens (tertiary/aromatic N) is 7. The van der Waals surface area contributed by atoms with Crippen LogP contribution in [0.2, 0.25) is 0 Å². The Morgan fingerprint density at radius 1 is 0.894 bits per heavy atom. The number of urea groups is 1. The number of hydrogen-bond acceptors (Lipinski definition) is 18. The number of carbonyl (C=O) groups is 9. The van der Waals surface area contributed by atoms with Gasteiger partial charge in [-0.05, 0) is 72.4 Å². The van der Waals surface area contributed by atoms with Crippen LogP contribution >= 0.6 is 11.8 Å². The Hall–Kier alpha value is -8.60. The first-order valence-electron chi connectivity index (χ1n) is 27.4. The smallest absolute Gasteiger partial charge is 0.408 e. The number of benzene rings is 2. The van der Waals surface area contributed by atoms with Crippen LogP contribution in [-0.4, -0.2) is 189 Å². The second kappa shape index (κ2) is 31.3. The third kappa shape index (κ3) is 18.2. The molecule has 7 atom stereocenters. The van der Waals surface area contributed by atoms with Crippen LogP contribution < -0.4 is 42.0 Å². The normalized spacial score (nSPS) is 17.7. The van der Waals surface area contributed by atoms with E-state index in [2.05, 4.69) is 49.7 Å². The van der Waals surface area contributed by atoms with Crippen LogP contribution in [0.1, 0.15) is 56.9 Å². The van der Waals surface area contributed by atoms with Gasteiger partial charge in [-0.2, -0.15) is 11.8 Å². The molecule has 4 heterocycles. The number of carbonyl (C=O) groups excluding carboxylic acids is 9. The van der Waals surface area contributed by atoms with Gasteiger partial charge >= 0.3 is 12.1 Å². The third-order valence-electron chi connectivity index (χ3n) is 14.1. The van der Waals surface area contributed by atoms with E-state index in [4.69, 9.17) is 19.9 Å². The zero-order valence-electron chi connectivity index (χ0n) is 48.1. The third-order valence-corrected chi connectivity index (χ3v) is 15.0. The summed E-state index contributed by atoms with van der Waals surface area (Å²) in [6.45, 7) is 9.61. The summed E-state index contributed by atoms with van der Waals surface area (Å²) in [4.78, 5) is 133. The zero-order valence-corrected chi connectivity index (χ0v) is 49.0. The molecule has 4 aromatic rings. The van der Waals surface area contributed by atoms with Crippen molar-refractivity contribution in [2.24, 2.45) is 17.6 Å². The van der Waals surface area contributed by atoms with Crippen molar-refractivity contribution < 1.29 is 67.6 Å².